The first kappa shape index (κ1) is 12.3. The molecule has 5 nitrogen and oxygen atoms in total. The highest BCUT2D eigenvalue weighted by atomic mass is 16.5. The number of nitrogens with two attached hydrogens (primary N) is 1. The molecule has 0 aliphatic heterocycles. The van der Waals surface area contributed by atoms with Crippen molar-refractivity contribution in [3.63, 3.8) is 0 Å². The van der Waals surface area contributed by atoms with E-state index in [1.54, 1.807) is 32.4 Å². The first-order valence-electron chi connectivity index (χ1n) is 4.80. The second-order valence-corrected chi connectivity index (χ2v) is 3.36. The lowest BCUT2D eigenvalue weighted by atomic mass is 10.1. The van der Waals surface area contributed by atoms with Gasteiger partial charge in [0.2, 0.25) is 5.91 Å². The third-order valence-electron chi connectivity index (χ3n) is 2.23. The van der Waals surface area contributed by atoms with E-state index in [1.165, 1.54) is 7.05 Å². The summed E-state index contributed by atoms with van der Waals surface area (Å²) in [4.78, 5) is 11.4. The Kier molecular flexibility index (Phi) is 4.13. The summed E-state index contributed by atoms with van der Waals surface area (Å²) in [6, 6.07) is 5.31. The lowest BCUT2D eigenvalue weighted by Crippen LogP contribution is -2.34. The standard InChI is InChI=1S/C11H16N2O3/c1-13(12)11(14)6-8-4-5-9(15-2)7-10(8)16-3/h4-5,7H,6,12H2,1-3H3. The molecule has 1 amide bonds. The maximum atomic E-state index is 11.4. The zero-order chi connectivity index (χ0) is 12.1. The lowest BCUT2D eigenvalue weighted by molar-refractivity contribution is -0.129. The normalized spacial score (nSPS) is 9.75. The van der Waals surface area contributed by atoms with Crippen molar-refractivity contribution in [1.82, 2.24) is 5.01 Å². The number of benzene rings is 1. The van der Waals surface area contributed by atoms with Crippen molar-refractivity contribution in [1.29, 1.82) is 0 Å². The molecule has 0 spiro atoms. The average molecular weight is 224 g/mol. The number of hydrazine groups is 1. The smallest absolute Gasteiger partial charge is 0.240 e. The summed E-state index contributed by atoms with van der Waals surface area (Å²) in [5.41, 5.74) is 0.783. The molecule has 0 atom stereocenters. The average Bonchev–Trinajstić information content (AvgIpc) is 2.29. The van der Waals surface area contributed by atoms with Crippen molar-refractivity contribution < 1.29 is 14.3 Å². The van der Waals surface area contributed by atoms with Gasteiger partial charge in [-0.1, -0.05) is 6.07 Å². The highest BCUT2D eigenvalue weighted by Crippen LogP contribution is 2.24. The highest BCUT2D eigenvalue weighted by molar-refractivity contribution is 5.78. The maximum absolute atomic E-state index is 11.4. The molecule has 0 saturated heterocycles. The van der Waals surface area contributed by atoms with Gasteiger partial charge in [-0.15, -0.1) is 0 Å². The van der Waals surface area contributed by atoms with Gasteiger partial charge in [0.15, 0.2) is 0 Å². The Bertz CT molecular complexity index is 377. The van der Waals surface area contributed by atoms with Crippen molar-refractivity contribution in [3.8, 4) is 11.5 Å². The molecule has 0 saturated carbocycles. The van der Waals surface area contributed by atoms with Crippen molar-refractivity contribution in [3.05, 3.63) is 23.8 Å². The van der Waals surface area contributed by atoms with Gasteiger partial charge in [0.05, 0.1) is 20.6 Å². The minimum atomic E-state index is -0.177. The van der Waals surface area contributed by atoms with Gasteiger partial charge in [-0.2, -0.15) is 0 Å². The molecule has 1 aromatic rings. The quantitative estimate of drug-likeness (QED) is 0.461. The molecule has 88 valence electrons. The Morgan fingerprint density at radius 3 is 2.56 bits per heavy atom. The minimum absolute atomic E-state index is 0.177. The Morgan fingerprint density at radius 1 is 1.38 bits per heavy atom. The first-order valence-corrected chi connectivity index (χ1v) is 4.80. The van der Waals surface area contributed by atoms with Crippen LogP contribution < -0.4 is 15.3 Å². The molecule has 0 fully saturated rings. The molecule has 0 unspecified atom stereocenters. The number of hydrogen-bond donors (Lipinski definition) is 1. The van der Waals surface area contributed by atoms with Crippen LogP contribution >= 0.6 is 0 Å². The predicted octanol–water partition coefficient (Wildman–Crippen LogP) is 0.578. The SMILES string of the molecule is COc1ccc(CC(=O)N(C)N)c(OC)c1. The number of amides is 1. The summed E-state index contributed by atoms with van der Waals surface area (Å²) in [6.45, 7) is 0. The van der Waals surface area contributed by atoms with E-state index in [0.29, 0.717) is 11.5 Å². The molecule has 5 heteroatoms. The van der Waals surface area contributed by atoms with Gasteiger partial charge >= 0.3 is 0 Å². The fraction of sp³-hybridized carbons (Fsp3) is 0.364. The molecule has 1 aromatic carbocycles. The number of hydrogen-bond acceptors (Lipinski definition) is 4. The largest absolute Gasteiger partial charge is 0.497 e. The van der Waals surface area contributed by atoms with Gasteiger partial charge in [0, 0.05) is 18.7 Å². The Hall–Kier alpha value is -1.75. The van der Waals surface area contributed by atoms with Gasteiger partial charge < -0.3 is 9.47 Å². The zero-order valence-corrected chi connectivity index (χ0v) is 9.69. The van der Waals surface area contributed by atoms with Gasteiger partial charge in [-0.25, -0.2) is 5.84 Å². The van der Waals surface area contributed by atoms with E-state index >= 15 is 0 Å². The van der Waals surface area contributed by atoms with E-state index in [4.69, 9.17) is 15.3 Å². The van der Waals surface area contributed by atoms with E-state index < -0.39 is 0 Å². The molecule has 0 aromatic heterocycles. The summed E-state index contributed by atoms with van der Waals surface area (Å²) < 4.78 is 10.2. The van der Waals surface area contributed by atoms with Crippen molar-refractivity contribution >= 4 is 5.91 Å². The van der Waals surface area contributed by atoms with E-state index in [0.717, 1.165) is 10.6 Å². The summed E-state index contributed by atoms with van der Waals surface area (Å²) >= 11 is 0. The Labute approximate surface area is 94.7 Å². The molecule has 0 aliphatic rings. The molecule has 0 aliphatic carbocycles. The molecule has 0 radical (unpaired) electrons. The van der Waals surface area contributed by atoms with Gasteiger partial charge in [0.1, 0.15) is 11.5 Å². The van der Waals surface area contributed by atoms with E-state index in [-0.39, 0.29) is 12.3 Å². The number of carbonyl (C=O) groups excluding carboxylic acids is 1. The maximum Gasteiger partial charge on any atom is 0.240 e. The van der Waals surface area contributed by atoms with Crippen LogP contribution in [0.5, 0.6) is 11.5 Å². The summed E-state index contributed by atoms with van der Waals surface area (Å²) in [5.74, 6) is 6.48. The van der Waals surface area contributed by atoms with Crippen LogP contribution in [0, 0.1) is 0 Å². The molecule has 16 heavy (non-hydrogen) atoms. The van der Waals surface area contributed by atoms with Crippen LogP contribution in [0.4, 0.5) is 0 Å². The molecule has 1 rings (SSSR count). The van der Waals surface area contributed by atoms with Crippen LogP contribution in [0.2, 0.25) is 0 Å². The number of nitrogens with zero attached hydrogens (tertiary/aromatic N) is 1. The zero-order valence-electron chi connectivity index (χ0n) is 9.69. The van der Waals surface area contributed by atoms with Gasteiger partial charge in [-0.05, 0) is 6.07 Å². The summed E-state index contributed by atoms with van der Waals surface area (Å²) in [7, 11) is 4.64. The summed E-state index contributed by atoms with van der Waals surface area (Å²) in [6.07, 6.45) is 0.208. The van der Waals surface area contributed by atoms with Crippen LogP contribution in [0.25, 0.3) is 0 Å². The topological polar surface area (TPSA) is 64.8 Å². The second-order valence-electron chi connectivity index (χ2n) is 3.36. The van der Waals surface area contributed by atoms with Crippen LogP contribution in [0.3, 0.4) is 0 Å². The van der Waals surface area contributed by atoms with Crippen LogP contribution in [0.15, 0.2) is 18.2 Å². The minimum Gasteiger partial charge on any atom is -0.497 e. The van der Waals surface area contributed by atoms with Crippen molar-refractivity contribution in [2.75, 3.05) is 21.3 Å². The van der Waals surface area contributed by atoms with Crippen molar-refractivity contribution in [2.45, 2.75) is 6.42 Å². The van der Waals surface area contributed by atoms with E-state index in [9.17, 15) is 4.79 Å². The second kappa shape index (κ2) is 5.37. The van der Waals surface area contributed by atoms with E-state index in [1.807, 2.05) is 0 Å². The molecule has 0 heterocycles. The Morgan fingerprint density at radius 2 is 2.06 bits per heavy atom. The number of ether oxygens (including phenoxy) is 2. The monoisotopic (exact) mass is 224 g/mol. The lowest BCUT2D eigenvalue weighted by Gasteiger charge is -2.13. The fourth-order valence-corrected chi connectivity index (χ4v) is 1.29. The van der Waals surface area contributed by atoms with Gasteiger partial charge in [0.25, 0.3) is 0 Å². The third-order valence-corrected chi connectivity index (χ3v) is 2.23. The molecule has 0 bridgehead atoms. The number of rotatable bonds is 4. The Balaban J connectivity index is 2.91. The van der Waals surface area contributed by atoms with E-state index in [2.05, 4.69) is 0 Å². The molecular weight excluding hydrogens is 208 g/mol. The van der Waals surface area contributed by atoms with Crippen LogP contribution in [-0.2, 0) is 11.2 Å². The molecular formula is C11H16N2O3. The number of likely N-dealkylation sites (N-methyl/N-ethyl adjacent to an activating group) is 1. The fourth-order valence-electron chi connectivity index (χ4n) is 1.29. The van der Waals surface area contributed by atoms with Crippen molar-refractivity contribution in [2.24, 2.45) is 5.84 Å². The predicted molar refractivity (Wildman–Crippen MR) is 60.2 cm³/mol. The van der Waals surface area contributed by atoms with Crippen LogP contribution in [-0.4, -0.2) is 32.2 Å². The summed E-state index contributed by atoms with van der Waals surface area (Å²) in [5, 5.41) is 1.06. The third kappa shape index (κ3) is 2.87. The highest BCUT2D eigenvalue weighted by Gasteiger charge is 2.11. The van der Waals surface area contributed by atoms with Crippen LogP contribution in [0.1, 0.15) is 5.56 Å². The number of carbonyl (C=O) groups is 1. The first-order chi connectivity index (χ1) is 7.58. The number of methoxy groups -OCH3 is 2. The molecule has 2 N–H and O–H groups in total. The van der Waals surface area contributed by atoms with Gasteiger partial charge in [-0.3, -0.25) is 9.80 Å².